The van der Waals surface area contributed by atoms with E-state index in [2.05, 4.69) is 37.4 Å². The fourth-order valence-electron chi connectivity index (χ4n) is 3.31. The van der Waals surface area contributed by atoms with E-state index in [4.69, 9.17) is 0 Å². The van der Waals surface area contributed by atoms with Gasteiger partial charge >= 0.3 is 0 Å². The molecule has 0 spiro atoms. The molecule has 25 heavy (non-hydrogen) atoms. The Morgan fingerprint density at radius 2 is 2.20 bits per heavy atom. The Morgan fingerprint density at radius 1 is 1.44 bits per heavy atom. The molecule has 2 aromatic rings. The largest absolute Gasteiger partial charge is 0.333 e. The third-order valence-corrected chi connectivity index (χ3v) is 6.03. The van der Waals surface area contributed by atoms with Gasteiger partial charge in [0.1, 0.15) is 17.1 Å². The highest BCUT2D eigenvalue weighted by Crippen LogP contribution is 2.39. The minimum atomic E-state index is -0.0501. The van der Waals surface area contributed by atoms with Gasteiger partial charge in [-0.25, -0.2) is 0 Å². The fraction of sp³-hybridized carbons (Fsp3) is 0.400. The third kappa shape index (κ3) is 4.09. The van der Waals surface area contributed by atoms with Crippen molar-refractivity contribution in [1.29, 1.82) is 5.26 Å². The molecule has 0 saturated heterocycles. The summed E-state index contributed by atoms with van der Waals surface area (Å²) in [5.41, 5.74) is 3.03. The van der Waals surface area contributed by atoms with Gasteiger partial charge in [-0.05, 0) is 37.7 Å². The Kier molecular flexibility index (Phi) is 5.52. The van der Waals surface area contributed by atoms with Crippen molar-refractivity contribution in [2.24, 2.45) is 5.92 Å². The summed E-state index contributed by atoms with van der Waals surface area (Å²) in [5.74, 6) is 0.604. The van der Waals surface area contributed by atoms with Crippen LogP contribution >= 0.6 is 11.3 Å². The number of nitrogens with one attached hydrogen (secondary N) is 1. The number of nitriles is 1. The van der Waals surface area contributed by atoms with Crippen LogP contribution in [0.15, 0.2) is 30.3 Å². The number of benzene rings is 1. The number of anilines is 1. The van der Waals surface area contributed by atoms with Crippen LogP contribution in [0, 0.1) is 17.2 Å². The molecular formula is C20H24N3OS+. The number of carbonyl (C=O) groups is 1. The van der Waals surface area contributed by atoms with Gasteiger partial charge < -0.3 is 10.6 Å². The van der Waals surface area contributed by atoms with Gasteiger partial charge in [0.2, 0.25) is 0 Å². The van der Waals surface area contributed by atoms with Gasteiger partial charge in [-0.1, -0.05) is 37.3 Å². The number of nitrogens with zero attached hydrogens (tertiary/aromatic N) is 1. The molecule has 2 atom stereocenters. The van der Waals surface area contributed by atoms with Crippen LogP contribution in [-0.2, 0) is 17.6 Å². The maximum atomic E-state index is 12.3. The molecule has 1 aliphatic carbocycles. The normalized spacial score (nSPS) is 17.4. The highest BCUT2D eigenvalue weighted by molar-refractivity contribution is 7.16. The van der Waals surface area contributed by atoms with Gasteiger partial charge in [0.05, 0.1) is 5.56 Å². The minimum Gasteiger partial charge on any atom is -0.333 e. The van der Waals surface area contributed by atoms with E-state index in [9.17, 15) is 10.1 Å². The molecule has 1 heterocycles. The first-order valence-corrected chi connectivity index (χ1v) is 9.63. The second-order valence-electron chi connectivity index (χ2n) is 6.86. The molecule has 3 rings (SSSR count). The number of nitrogens with two attached hydrogens (primary N) is 1. The Balaban J connectivity index is 1.63. The Hall–Kier alpha value is -2.16. The summed E-state index contributed by atoms with van der Waals surface area (Å²) < 4.78 is 0. The predicted octanol–water partition coefficient (Wildman–Crippen LogP) is 3.01. The van der Waals surface area contributed by atoms with Crippen LogP contribution < -0.4 is 10.6 Å². The first kappa shape index (κ1) is 17.7. The maximum absolute atomic E-state index is 12.3. The molecule has 1 aromatic heterocycles. The number of rotatable bonds is 5. The summed E-state index contributed by atoms with van der Waals surface area (Å²) in [6.07, 6.45) is 3.08. The monoisotopic (exact) mass is 354 g/mol. The Labute approximate surface area is 152 Å². The van der Waals surface area contributed by atoms with Gasteiger partial charge in [-0.2, -0.15) is 5.26 Å². The first-order chi connectivity index (χ1) is 12.1. The average Bonchev–Trinajstić information content (AvgIpc) is 2.96. The van der Waals surface area contributed by atoms with Crippen LogP contribution in [0.1, 0.15) is 47.9 Å². The molecule has 1 aromatic carbocycles. The zero-order valence-corrected chi connectivity index (χ0v) is 15.5. The predicted molar refractivity (Wildman–Crippen MR) is 101 cm³/mol. The number of hydrogen-bond donors (Lipinski definition) is 2. The lowest BCUT2D eigenvalue weighted by Gasteiger charge is -2.17. The van der Waals surface area contributed by atoms with Crippen molar-refractivity contribution in [3.63, 3.8) is 0 Å². The number of carbonyl (C=O) groups excluding carboxylic acids is 1. The number of thiophene rings is 1. The molecule has 130 valence electrons. The standard InChI is InChI=1S/C20H23N3OS/c1-13-8-9-16-17(11-21)20(25-18(16)10-13)23-19(24)12-22-14(2)15-6-4-3-5-7-15/h3-7,13-14,22H,8-10,12H2,1-2H3,(H,23,24)/p+1/t13-,14-/m0/s1. The summed E-state index contributed by atoms with van der Waals surface area (Å²) in [6, 6.07) is 12.7. The van der Waals surface area contributed by atoms with Gasteiger partial charge in [-0.15, -0.1) is 11.3 Å². The van der Waals surface area contributed by atoms with Crippen molar-refractivity contribution in [3.05, 3.63) is 51.9 Å². The number of amides is 1. The molecule has 0 bridgehead atoms. The van der Waals surface area contributed by atoms with Crippen LogP contribution in [0.5, 0.6) is 0 Å². The van der Waals surface area contributed by atoms with Gasteiger partial charge in [0.15, 0.2) is 6.54 Å². The molecule has 4 nitrogen and oxygen atoms in total. The molecule has 1 amide bonds. The van der Waals surface area contributed by atoms with E-state index in [0.717, 1.165) is 29.8 Å². The fourth-order valence-corrected chi connectivity index (χ4v) is 4.69. The smallest absolute Gasteiger partial charge is 0.280 e. The van der Waals surface area contributed by atoms with Crippen molar-refractivity contribution in [2.75, 3.05) is 11.9 Å². The summed E-state index contributed by atoms with van der Waals surface area (Å²) in [4.78, 5) is 13.6. The lowest BCUT2D eigenvalue weighted by atomic mass is 9.89. The second-order valence-corrected chi connectivity index (χ2v) is 7.96. The summed E-state index contributed by atoms with van der Waals surface area (Å²) >= 11 is 1.58. The highest BCUT2D eigenvalue weighted by Gasteiger charge is 2.25. The second kappa shape index (κ2) is 7.81. The van der Waals surface area contributed by atoms with Gasteiger partial charge in [0, 0.05) is 10.4 Å². The van der Waals surface area contributed by atoms with Crippen LogP contribution in [-0.4, -0.2) is 12.5 Å². The van der Waals surface area contributed by atoms with Crippen molar-refractivity contribution < 1.29 is 10.1 Å². The lowest BCUT2D eigenvalue weighted by molar-refractivity contribution is -0.682. The molecule has 0 radical (unpaired) electrons. The molecule has 0 fully saturated rings. The topological polar surface area (TPSA) is 69.5 Å². The zero-order valence-electron chi connectivity index (χ0n) is 14.7. The lowest BCUT2D eigenvalue weighted by Crippen LogP contribution is -2.86. The van der Waals surface area contributed by atoms with E-state index in [-0.39, 0.29) is 11.9 Å². The maximum Gasteiger partial charge on any atom is 0.280 e. The average molecular weight is 354 g/mol. The zero-order chi connectivity index (χ0) is 17.8. The van der Waals surface area contributed by atoms with Crippen LogP contribution in [0.2, 0.25) is 0 Å². The molecule has 0 unspecified atom stereocenters. The SMILES string of the molecule is C[C@H]1CCc2c(sc(NC(=O)C[NH2+][C@@H](C)c3ccccc3)c2C#N)C1. The van der Waals surface area contributed by atoms with Gasteiger partial charge in [-0.3, -0.25) is 4.79 Å². The van der Waals surface area contributed by atoms with Crippen molar-refractivity contribution in [3.8, 4) is 6.07 Å². The van der Waals surface area contributed by atoms with Crippen molar-refractivity contribution in [1.82, 2.24) is 0 Å². The summed E-state index contributed by atoms with van der Waals surface area (Å²) in [7, 11) is 0. The number of hydrogen-bond acceptors (Lipinski definition) is 3. The van der Waals surface area contributed by atoms with Crippen molar-refractivity contribution in [2.45, 2.75) is 39.2 Å². The van der Waals surface area contributed by atoms with Crippen LogP contribution in [0.3, 0.4) is 0 Å². The van der Waals surface area contributed by atoms with Crippen molar-refractivity contribution >= 4 is 22.2 Å². The van der Waals surface area contributed by atoms with E-state index >= 15 is 0 Å². The van der Waals surface area contributed by atoms with E-state index in [0.29, 0.717) is 18.0 Å². The van der Waals surface area contributed by atoms with Crippen LogP contribution in [0.4, 0.5) is 5.00 Å². The molecule has 0 saturated carbocycles. The molecule has 5 heteroatoms. The molecule has 0 aliphatic heterocycles. The number of quaternary nitrogens is 1. The summed E-state index contributed by atoms with van der Waals surface area (Å²) in [6.45, 7) is 4.68. The Bertz CT molecular complexity index is 791. The summed E-state index contributed by atoms with van der Waals surface area (Å²) in [5, 5.41) is 15.2. The minimum absolute atomic E-state index is 0.0501. The molecule has 1 aliphatic rings. The highest BCUT2D eigenvalue weighted by atomic mass is 32.1. The third-order valence-electron chi connectivity index (χ3n) is 4.86. The van der Waals surface area contributed by atoms with E-state index in [1.807, 2.05) is 23.5 Å². The quantitative estimate of drug-likeness (QED) is 0.866. The molecule has 3 N–H and O–H groups in total. The van der Waals surface area contributed by atoms with E-state index < -0.39 is 0 Å². The molecular weight excluding hydrogens is 330 g/mol. The van der Waals surface area contributed by atoms with E-state index in [1.54, 1.807) is 11.3 Å². The Morgan fingerprint density at radius 3 is 2.92 bits per heavy atom. The van der Waals surface area contributed by atoms with Crippen LogP contribution in [0.25, 0.3) is 0 Å². The first-order valence-electron chi connectivity index (χ1n) is 8.81. The van der Waals surface area contributed by atoms with E-state index in [1.165, 1.54) is 10.4 Å². The number of fused-ring (bicyclic) bond motifs is 1. The van der Waals surface area contributed by atoms with Gasteiger partial charge in [0.25, 0.3) is 5.91 Å².